The summed E-state index contributed by atoms with van der Waals surface area (Å²) in [6.07, 6.45) is 1.62. The van der Waals surface area contributed by atoms with Crippen molar-refractivity contribution in [3.05, 3.63) is 42.7 Å². The molecule has 126 valence electrons. The van der Waals surface area contributed by atoms with E-state index >= 15 is 0 Å². The van der Waals surface area contributed by atoms with Gasteiger partial charge in [0.05, 0.1) is 24.4 Å². The van der Waals surface area contributed by atoms with E-state index in [1.54, 1.807) is 10.8 Å². The number of esters is 1. The molecule has 7 nitrogen and oxygen atoms in total. The Kier molecular flexibility index (Phi) is 3.03. The molecule has 1 aliphatic carbocycles. The molecule has 7 heteroatoms. The summed E-state index contributed by atoms with van der Waals surface area (Å²) >= 11 is 0. The summed E-state index contributed by atoms with van der Waals surface area (Å²) in [6.45, 7) is 1.68. The number of nitrogens with zero attached hydrogens (tertiary/aromatic N) is 5. The van der Waals surface area contributed by atoms with E-state index in [0.29, 0.717) is 11.8 Å². The molecule has 1 unspecified atom stereocenters. The highest BCUT2D eigenvalue weighted by atomic mass is 16.5. The molecule has 2 aromatic heterocycles. The van der Waals surface area contributed by atoms with Crippen LogP contribution in [0, 0.1) is 17.8 Å². The number of benzene rings is 1. The van der Waals surface area contributed by atoms with Crippen LogP contribution in [0.2, 0.25) is 0 Å². The van der Waals surface area contributed by atoms with Crippen molar-refractivity contribution >= 4 is 17.3 Å². The van der Waals surface area contributed by atoms with Gasteiger partial charge in [-0.3, -0.25) is 4.79 Å². The van der Waals surface area contributed by atoms with Crippen LogP contribution < -0.4 is 4.90 Å². The minimum Gasteiger partial charge on any atom is -0.469 e. The smallest absolute Gasteiger partial charge is 0.309 e. The lowest BCUT2D eigenvalue weighted by molar-refractivity contribution is -0.142. The molecule has 1 saturated heterocycles. The molecule has 0 bridgehead atoms. The minimum absolute atomic E-state index is 0.0607. The highest BCUT2D eigenvalue weighted by Gasteiger charge is 2.60. The first-order chi connectivity index (χ1) is 12.3. The molecule has 3 heterocycles. The second-order valence-corrected chi connectivity index (χ2v) is 6.66. The lowest BCUT2D eigenvalue weighted by atomic mass is 10.1. The SMILES string of the molecule is COC(=O)C1[C@H]2CN(c3cc(-c4ccccc4)nn4cnnc34)C[C@@H]12. The van der Waals surface area contributed by atoms with E-state index < -0.39 is 0 Å². The van der Waals surface area contributed by atoms with Crippen LogP contribution in [0.15, 0.2) is 42.7 Å². The van der Waals surface area contributed by atoms with Gasteiger partial charge in [0.25, 0.3) is 0 Å². The van der Waals surface area contributed by atoms with Crippen molar-refractivity contribution < 1.29 is 9.53 Å². The maximum absolute atomic E-state index is 11.8. The lowest BCUT2D eigenvalue weighted by Gasteiger charge is -2.22. The molecule has 3 aromatic rings. The monoisotopic (exact) mass is 335 g/mol. The predicted molar refractivity (Wildman–Crippen MR) is 90.9 cm³/mol. The number of carbonyl (C=O) groups is 1. The first-order valence-electron chi connectivity index (χ1n) is 8.35. The second-order valence-electron chi connectivity index (χ2n) is 6.66. The van der Waals surface area contributed by atoms with Crippen molar-refractivity contribution in [3.8, 4) is 11.3 Å². The molecule has 0 N–H and O–H groups in total. The number of hydrogen-bond donors (Lipinski definition) is 0. The molecular weight excluding hydrogens is 318 g/mol. The summed E-state index contributed by atoms with van der Waals surface area (Å²) in [5, 5.41) is 12.8. The second kappa shape index (κ2) is 5.27. The Morgan fingerprint density at radius 1 is 1.20 bits per heavy atom. The number of methoxy groups -OCH3 is 1. The third-order valence-corrected chi connectivity index (χ3v) is 5.33. The van der Waals surface area contributed by atoms with E-state index in [-0.39, 0.29) is 11.9 Å². The molecule has 1 aliphatic heterocycles. The molecule has 0 radical (unpaired) electrons. The Morgan fingerprint density at radius 2 is 1.96 bits per heavy atom. The van der Waals surface area contributed by atoms with Gasteiger partial charge in [0, 0.05) is 18.7 Å². The van der Waals surface area contributed by atoms with Crippen LogP contribution in [0.3, 0.4) is 0 Å². The molecular formula is C18H17N5O2. The van der Waals surface area contributed by atoms with Crippen molar-refractivity contribution in [1.82, 2.24) is 19.8 Å². The van der Waals surface area contributed by atoms with Gasteiger partial charge in [-0.05, 0) is 17.9 Å². The van der Waals surface area contributed by atoms with Gasteiger partial charge < -0.3 is 9.64 Å². The van der Waals surface area contributed by atoms with Crippen LogP contribution >= 0.6 is 0 Å². The summed E-state index contributed by atoms with van der Waals surface area (Å²) in [5.41, 5.74) is 3.70. The first-order valence-corrected chi connectivity index (χ1v) is 8.35. The van der Waals surface area contributed by atoms with Gasteiger partial charge in [-0.25, -0.2) is 0 Å². The Morgan fingerprint density at radius 3 is 2.68 bits per heavy atom. The van der Waals surface area contributed by atoms with Crippen molar-refractivity contribution in [1.29, 1.82) is 0 Å². The molecule has 3 atom stereocenters. The van der Waals surface area contributed by atoms with Gasteiger partial charge in [-0.15, -0.1) is 10.2 Å². The molecule has 0 amide bonds. The highest BCUT2D eigenvalue weighted by molar-refractivity contribution is 5.79. The summed E-state index contributed by atoms with van der Waals surface area (Å²) in [6, 6.07) is 12.1. The average molecular weight is 335 g/mol. The number of fused-ring (bicyclic) bond motifs is 2. The van der Waals surface area contributed by atoms with Crippen molar-refractivity contribution in [2.24, 2.45) is 17.8 Å². The topological polar surface area (TPSA) is 72.6 Å². The lowest BCUT2D eigenvalue weighted by Crippen LogP contribution is -2.27. The summed E-state index contributed by atoms with van der Waals surface area (Å²) in [7, 11) is 1.46. The number of ether oxygens (including phenoxy) is 1. The summed E-state index contributed by atoms with van der Waals surface area (Å²) in [4.78, 5) is 14.0. The van der Waals surface area contributed by atoms with Crippen molar-refractivity contribution in [2.75, 3.05) is 25.1 Å². The number of carbonyl (C=O) groups excluding carboxylic acids is 1. The van der Waals surface area contributed by atoms with Gasteiger partial charge in [0.15, 0.2) is 0 Å². The van der Waals surface area contributed by atoms with Crippen LogP contribution in [-0.2, 0) is 9.53 Å². The maximum atomic E-state index is 11.8. The van der Waals surface area contributed by atoms with Gasteiger partial charge in [-0.2, -0.15) is 9.61 Å². The zero-order chi connectivity index (χ0) is 17.0. The van der Waals surface area contributed by atoms with Gasteiger partial charge in [0.2, 0.25) is 5.65 Å². The molecule has 1 saturated carbocycles. The fourth-order valence-corrected chi connectivity index (χ4v) is 4.00. The fourth-order valence-electron chi connectivity index (χ4n) is 4.00. The van der Waals surface area contributed by atoms with Crippen molar-refractivity contribution in [2.45, 2.75) is 0 Å². The molecule has 2 fully saturated rings. The molecule has 0 spiro atoms. The summed E-state index contributed by atoms with van der Waals surface area (Å²) < 4.78 is 6.61. The Hall–Kier alpha value is -2.96. The Labute approximate surface area is 144 Å². The predicted octanol–water partition coefficient (Wildman–Crippen LogP) is 1.65. The van der Waals surface area contributed by atoms with E-state index in [9.17, 15) is 4.79 Å². The Bertz CT molecular complexity index is 943. The normalized spacial score (nSPS) is 24.4. The Balaban J connectivity index is 1.50. The van der Waals surface area contributed by atoms with Crippen LogP contribution in [0.4, 0.5) is 5.69 Å². The van der Waals surface area contributed by atoms with E-state index in [1.165, 1.54) is 7.11 Å². The standard InChI is InChI=1S/C18H17N5O2/c1-25-18(24)16-12-8-22(9-13(12)16)15-7-14(11-5-3-2-4-6-11)21-23-10-19-20-17(15)23/h2-7,10,12-13,16H,8-9H2,1H3/t12-,13+,16?. The fraction of sp³-hybridized carbons (Fsp3) is 0.333. The van der Waals surface area contributed by atoms with E-state index in [0.717, 1.165) is 35.7 Å². The quantitative estimate of drug-likeness (QED) is 0.678. The molecule has 5 rings (SSSR count). The minimum atomic E-state index is -0.0815. The third-order valence-electron chi connectivity index (χ3n) is 5.33. The van der Waals surface area contributed by atoms with Gasteiger partial charge in [-0.1, -0.05) is 30.3 Å². The van der Waals surface area contributed by atoms with Gasteiger partial charge >= 0.3 is 5.97 Å². The zero-order valence-corrected chi connectivity index (χ0v) is 13.7. The van der Waals surface area contributed by atoms with Crippen LogP contribution in [0.5, 0.6) is 0 Å². The van der Waals surface area contributed by atoms with Gasteiger partial charge in [0.1, 0.15) is 6.33 Å². The zero-order valence-electron chi connectivity index (χ0n) is 13.7. The van der Waals surface area contributed by atoms with E-state index in [1.807, 2.05) is 30.3 Å². The van der Waals surface area contributed by atoms with Crippen LogP contribution in [-0.4, -0.2) is 46.0 Å². The van der Waals surface area contributed by atoms with Crippen LogP contribution in [0.25, 0.3) is 16.9 Å². The molecule has 25 heavy (non-hydrogen) atoms. The van der Waals surface area contributed by atoms with E-state index in [4.69, 9.17) is 4.74 Å². The number of hydrogen-bond acceptors (Lipinski definition) is 6. The number of aromatic nitrogens is 4. The number of rotatable bonds is 3. The third kappa shape index (κ3) is 2.19. The maximum Gasteiger partial charge on any atom is 0.309 e. The average Bonchev–Trinajstić information content (AvgIpc) is 3.03. The highest BCUT2D eigenvalue weighted by Crippen LogP contribution is 2.53. The molecule has 1 aromatic carbocycles. The summed E-state index contributed by atoms with van der Waals surface area (Å²) in [5.74, 6) is 0.736. The van der Waals surface area contributed by atoms with Crippen molar-refractivity contribution in [3.63, 3.8) is 0 Å². The molecule has 2 aliphatic rings. The first kappa shape index (κ1) is 14.4. The van der Waals surface area contributed by atoms with Crippen LogP contribution in [0.1, 0.15) is 0 Å². The van der Waals surface area contributed by atoms with E-state index in [2.05, 4.69) is 26.3 Å². The largest absolute Gasteiger partial charge is 0.469 e. The number of piperidine rings is 1. The number of anilines is 1.